The van der Waals surface area contributed by atoms with Crippen LogP contribution in [0.5, 0.6) is 5.75 Å². The Morgan fingerprint density at radius 2 is 1.67 bits per heavy atom. The number of carbonyl (C=O) groups is 2. The number of alkyl halides is 3. The van der Waals surface area contributed by atoms with Gasteiger partial charge in [-0.25, -0.2) is 0 Å². The molecule has 1 saturated heterocycles. The van der Waals surface area contributed by atoms with E-state index in [1.165, 1.54) is 25.1 Å². The molecule has 0 spiro atoms. The lowest BCUT2D eigenvalue weighted by atomic mass is 10.1. The minimum atomic E-state index is -4.76. The maximum absolute atomic E-state index is 12.4. The normalized spacial score (nSPS) is 15.3. The van der Waals surface area contributed by atoms with Gasteiger partial charge in [0.15, 0.2) is 0 Å². The highest BCUT2D eigenvalue weighted by atomic mass is 19.4. The van der Waals surface area contributed by atoms with Crippen LogP contribution in [-0.4, -0.2) is 54.2 Å². The molecule has 2 amide bonds. The Kier molecular flexibility index (Phi) is 5.69. The van der Waals surface area contributed by atoms with Crippen molar-refractivity contribution in [1.82, 2.24) is 9.80 Å². The average molecular weight is 344 g/mol. The number of para-hydroxylation sites is 1. The Hall–Kier alpha value is -2.25. The van der Waals surface area contributed by atoms with Crippen molar-refractivity contribution in [2.24, 2.45) is 0 Å². The van der Waals surface area contributed by atoms with Gasteiger partial charge in [-0.2, -0.15) is 0 Å². The lowest BCUT2D eigenvalue weighted by molar-refractivity contribution is -0.274. The van der Waals surface area contributed by atoms with Crippen molar-refractivity contribution >= 4 is 11.8 Å². The molecule has 24 heavy (non-hydrogen) atoms. The molecule has 0 saturated carbocycles. The van der Waals surface area contributed by atoms with Crippen molar-refractivity contribution in [3.05, 3.63) is 29.8 Å². The highest BCUT2D eigenvalue weighted by Gasteiger charge is 2.32. The third kappa shape index (κ3) is 5.14. The molecule has 0 unspecified atom stereocenters. The predicted molar refractivity (Wildman–Crippen MR) is 80.3 cm³/mol. The maximum Gasteiger partial charge on any atom is 0.573 e. The molecule has 1 aliphatic rings. The van der Waals surface area contributed by atoms with E-state index in [0.29, 0.717) is 31.7 Å². The summed E-state index contributed by atoms with van der Waals surface area (Å²) in [6.07, 6.45) is -4.50. The summed E-state index contributed by atoms with van der Waals surface area (Å²) in [5.41, 5.74) is 0.338. The van der Waals surface area contributed by atoms with Crippen LogP contribution in [0.2, 0.25) is 0 Å². The Labute approximate surface area is 138 Å². The van der Waals surface area contributed by atoms with Crippen LogP contribution in [0, 0.1) is 0 Å². The van der Waals surface area contributed by atoms with Gasteiger partial charge in [0, 0.05) is 39.5 Å². The van der Waals surface area contributed by atoms with Crippen LogP contribution in [0.25, 0.3) is 0 Å². The van der Waals surface area contributed by atoms with Crippen LogP contribution in [0.15, 0.2) is 24.3 Å². The number of benzene rings is 1. The zero-order valence-corrected chi connectivity index (χ0v) is 13.3. The fraction of sp³-hybridized carbons (Fsp3) is 0.500. The van der Waals surface area contributed by atoms with E-state index in [2.05, 4.69) is 4.74 Å². The molecule has 0 atom stereocenters. The van der Waals surface area contributed by atoms with Crippen LogP contribution < -0.4 is 4.74 Å². The topological polar surface area (TPSA) is 49.9 Å². The Balaban J connectivity index is 1.90. The van der Waals surface area contributed by atoms with E-state index in [1.807, 2.05) is 0 Å². The second-order valence-electron chi connectivity index (χ2n) is 5.54. The first-order chi connectivity index (χ1) is 11.3. The number of ether oxygens (including phenoxy) is 1. The number of rotatable bonds is 4. The van der Waals surface area contributed by atoms with Crippen molar-refractivity contribution in [2.45, 2.75) is 26.1 Å². The molecular weight excluding hydrogens is 325 g/mol. The lowest BCUT2D eigenvalue weighted by Crippen LogP contribution is -2.50. The quantitative estimate of drug-likeness (QED) is 0.841. The van der Waals surface area contributed by atoms with Crippen LogP contribution in [0.4, 0.5) is 13.2 Å². The van der Waals surface area contributed by atoms with Crippen LogP contribution in [0.1, 0.15) is 18.9 Å². The van der Waals surface area contributed by atoms with Crippen LogP contribution in [-0.2, 0) is 16.0 Å². The maximum atomic E-state index is 12.4. The van der Waals surface area contributed by atoms with Crippen molar-refractivity contribution in [3.8, 4) is 5.75 Å². The molecule has 0 N–H and O–H groups in total. The third-order valence-electron chi connectivity index (χ3n) is 3.88. The first kappa shape index (κ1) is 18.1. The predicted octanol–water partition coefficient (Wildman–Crippen LogP) is 2.21. The molecule has 1 heterocycles. The zero-order chi connectivity index (χ0) is 17.7. The summed E-state index contributed by atoms with van der Waals surface area (Å²) in [6.45, 7) is 3.33. The smallest absolute Gasteiger partial charge is 0.406 e. The summed E-state index contributed by atoms with van der Waals surface area (Å²) in [4.78, 5) is 26.8. The summed E-state index contributed by atoms with van der Waals surface area (Å²) in [5, 5.41) is 0. The summed E-state index contributed by atoms with van der Waals surface area (Å²) in [5.74, 6) is -0.445. The molecule has 1 aromatic rings. The van der Waals surface area contributed by atoms with Gasteiger partial charge >= 0.3 is 6.36 Å². The molecule has 132 valence electrons. The van der Waals surface area contributed by atoms with Gasteiger partial charge in [-0.15, -0.1) is 13.2 Å². The fourth-order valence-electron chi connectivity index (χ4n) is 2.61. The van der Waals surface area contributed by atoms with Gasteiger partial charge in [0.2, 0.25) is 11.8 Å². The Morgan fingerprint density at radius 1 is 1.08 bits per heavy atom. The van der Waals surface area contributed by atoms with Crippen molar-refractivity contribution in [3.63, 3.8) is 0 Å². The largest absolute Gasteiger partial charge is 0.573 e. The standard InChI is InChI=1S/C16H19F3N2O3/c1-12(22)20-8-10-21(11-9-20)15(23)7-6-13-4-2-3-5-14(13)24-16(17,18)19/h2-5H,6-11H2,1H3. The fourth-order valence-corrected chi connectivity index (χ4v) is 2.61. The van der Waals surface area contributed by atoms with Gasteiger partial charge in [0.1, 0.15) is 5.75 Å². The second-order valence-corrected chi connectivity index (χ2v) is 5.54. The molecule has 1 aliphatic heterocycles. The number of halogens is 3. The van der Waals surface area contributed by atoms with E-state index in [1.54, 1.807) is 15.9 Å². The van der Waals surface area contributed by atoms with E-state index in [4.69, 9.17) is 0 Å². The first-order valence-corrected chi connectivity index (χ1v) is 7.63. The van der Waals surface area contributed by atoms with Crippen LogP contribution in [0.3, 0.4) is 0 Å². The molecular formula is C16H19F3N2O3. The number of nitrogens with zero attached hydrogens (tertiary/aromatic N) is 2. The number of aryl methyl sites for hydroxylation is 1. The van der Waals surface area contributed by atoms with E-state index in [-0.39, 0.29) is 30.4 Å². The molecule has 0 aliphatic carbocycles. The summed E-state index contributed by atoms with van der Waals surface area (Å²) >= 11 is 0. The molecule has 0 aromatic heterocycles. The molecule has 2 rings (SSSR count). The van der Waals surface area contributed by atoms with Crippen molar-refractivity contribution in [1.29, 1.82) is 0 Å². The van der Waals surface area contributed by atoms with E-state index in [0.717, 1.165) is 0 Å². The monoisotopic (exact) mass is 344 g/mol. The Morgan fingerprint density at radius 3 is 2.25 bits per heavy atom. The summed E-state index contributed by atoms with van der Waals surface area (Å²) in [7, 11) is 0. The molecule has 0 radical (unpaired) electrons. The molecule has 5 nitrogen and oxygen atoms in total. The second kappa shape index (κ2) is 7.55. The molecule has 0 bridgehead atoms. The average Bonchev–Trinajstić information content (AvgIpc) is 2.52. The highest BCUT2D eigenvalue weighted by Crippen LogP contribution is 2.27. The van der Waals surface area contributed by atoms with Gasteiger partial charge in [-0.05, 0) is 18.1 Å². The van der Waals surface area contributed by atoms with E-state index in [9.17, 15) is 22.8 Å². The number of hydrogen-bond donors (Lipinski definition) is 0. The number of carbonyl (C=O) groups excluding carboxylic acids is 2. The minimum Gasteiger partial charge on any atom is -0.406 e. The number of hydrogen-bond acceptors (Lipinski definition) is 3. The summed E-state index contributed by atoms with van der Waals surface area (Å²) in [6, 6.07) is 5.81. The van der Waals surface area contributed by atoms with Gasteiger partial charge in [-0.3, -0.25) is 9.59 Å². The third-order valence-corrected chi connectivity index (χ3v) is 3.88. The van der Waals surface area contributed by atoms with E-state index >= 15 is 0 Å². The minimum absolute atomic E-state index is 0.0275. The van der Waals surface area contributed by atoms with Gasteiger partial charge in [0.05, 0.1) is 0 Å². The number of amides is 2. The molecule has 8 heteroatoms. The van der Waals surface area contributed by atoms with Crippen molar-refractivity contribution in [2.75, 3.05) is 26.2 Å². The summed E-state index contributed by atoms with van der Waals surface area (Å²) < 4.78 is 41.1. The SMILES string of the molecule is CC(=O)N1CCN(C(=O)CCc2ccccc2OC(F)(F)F)CC1. The van der Waals surface area contributed by atoms with Gasteiger partial charge < -0.3 is 14.5 Å². The number of piperazine rings is 1. The first-order valence-electron chi connectivity index (χ1n) is 7.63. The van der Waals surface area contributed by atoms with Crippen molar-refractivity contribution < 1.29 is 27.5 Å². The van der Waals surface area contributed by atoms with Gasteiger partial charge in [-0.1, -0.05) is 18.2 Å². The van der Waals surface area contributed by atoms with Crippen LogP contribution >= 0.6 is 0 Å². The van der Waals surface area contributed by atoms with E-state index < -0.39 is 6.36 Å². The lowest BCUT2D eigenvalue weighted by Gasteiger charge is -2.34. The molecule has 1 aromatic carbocycles. The zero-order valence-electron chi connectivity index (χ0n) is 13.3. The highest BCUT2D eigenvalue weighted by molar-refractivity contribution is 5.77. The molecule has 1 fully saturated rings. The Bertz CT molecular complexity index is 596. The van der Waals surface area contributed by atoms with Gasteiger partial charge in [0.25, 0.3) is 0 Å².